The number of aromatic amines is 2. The molecule has 32 heavy (non-hydrogen) atoms. The molecular formula is C24H20ClN3O4. The minimum atomic E-state index is -0.577. The number of para-hydroxylation sites is 1. The molecule has 0 fully saturated rings. The number of halogens is 1. The molecular weight excluding hydrogens is 430 g/mol. The van der Waals surface area contributed by atoms with Crippen molar-refractivity contribution in [1.29, 1.82) is 0 Å². The van der Waals surface area contributed by atoms with Crippen LogP contribution in [0.3, 0.4) is 0 Å². The van der Waals surface area contributed by atoms with Crippen molar-refractivity contribution in [3.8, 4) is 11.1 Å². The first-order valence-electron chi connectivity index (χ1n) is 10.1. The van der Waals surface area contributed by atoms with Gasteiger partial charge in [0, 0.05) is 57.0 Å². The Labute approximate surface area is 188 Å². The highest BCUT2D eigenvalue weighted by molar-refractivity contribution is 6.31. The third kappa shape index (κ3) is 3.05. The van der Waals surface area contributed by atoms with Crippen LogP contribution < -0.4 is 5.32 Å². The molecule has 7 nitrogen and oxygen atoms in total. The Bertz CT molecular complexity index is 1370. The zero-order valence-corrected chi connectivity index (χ0v) is 18.2. The molecule has 1 unspecified atom stereocenters. The maximum atomic E-state index is 12.8. The Hall–Kier alpha value is -3.71. The molecule has 2 aromatic carbocycles. The summed E-state index contributed by atoms with van der Waals surface area (Å²) in [5.74, 6) is -1.32. The Kier molecular flexibility index (Phi) is 4.90. The fraction of sp³-hybridized carbons (Fsp3) is 0.167. The maximum Gasteiger partial charge on any atom is 0.355 e. The quantitative estimate of drug-likeness (QED) is 0.383. The summed E-state index contributed by atoms with van der Waals surface area (Å²) in [4.78, 5) is 31.9. The third-order valence-electron chi connectivity index (χ3n) is 5.91. The van der Waals surface area contributed by atoms with E-state index < -0.39 is 11.9 Å². The van der Waals surface area contributed by atoms with E-state index in [0.29, 0.717) is 22.7 Å². The molecule has 0 spiro atoms. The number of anilines is 1. The second-order valence-electron chi connectivity index (χ2n) is 7.56. The molecule has 1 atom stereocenters. The Morgan fingerprint density at radius 3 is 2.56 bits per heavy atom. The maximum absolute atomic E-state index is 12.8. The second-order valence-corrected chi connectivity index (χ2v) is 8.00. The van der Waals surface area contributed by atoms with Crippen LogP contribution in [-0.2, 0) is 9.47 Å². The summed E-state index contributed by atoms with van der Waals surface area (Å²) < 4.78 is 10.1. The molecule has 162 valence electrons. The first-order chi connectivity index (χ1) is 15.5. The van der Waals surface area contributed by atoms with Crippen molar-refractivity contribution in [2.45, 2.75) is 5.92 Å². The van der Waals surface area contributed by atoms with E-state index in [0.717, 1.165) is 27.7 Å². The van der Waals surface area contributed by atoms with Crippen LogP contribution in [0.1, 0.15) is 38.0 Å². The molecule has 0 radical (unpaired) electrons. The summed E-state index contributed by atoms with van der Waals surface area (Å²) >= 11 is 6.28. The second kappa shape index (κ2) is 7.76. The number of carbonyl (C=O) groups is 2. The molecule has 1 aliphatic heterocycles. The summed E-state index contributed by atoms with van der Waals surface area (Å²) in [6, 6.07) is 13.4. The van der Waals surface area contributed by atoms with E-state index in [-0.39, 0.29) is 17.3 Å². The van der Waals surface area contributed by atoms with Crippen LogP contribution in [0.15, 0.2) is 48.7 Å². The van der Waals surface area contributed by atoms with E-state index in [4.69, 9.17) is 21.1 Å². The van der Waals surface area contributed by atoms with Gasteiger partial charge >= 0.3 is 11.9 Å². The Morgan fingerprint density at radius 1 is 1.03 bits per heavy atom. The standard InChI is InChI=1S/C24H20ClN3O4/c1-31-23(29)21-19(15-10-26-17-6-4-3-5-13(15)17)20(22(28-21)24(30)32-2)16-11-27-18-8-7-12(25)9-14(16)18/h3-9,11,15,26-28H,10H2,1-2H3. The number of methoxy groups -OCH3 is 2. The van der Waals surface area contributed by atoms with Gasteiger partial charge in [0.15, 0.2) is 0 Å². The topological polar surface area (TPSA) is 96.2 Å². The summed E-state index contributed by atoms with van der Waals surface area (Å²) in [6.45, 7) is 0.567. The number of benzene rings is 2. The van der Waals surface area contributed by atoms with Gasteiger partial charge in [0.05, 0.1) is 14.2 Å². The van der Waals surface area contributed by atoms with Crippen molar-refractivity contribution in [3.63, 3.8) is 0 Å². The van der Waals surface area contributed by atoms with Crippen molar-refractivity contribution >= 4 is 40.1 Å². The van der Waals surface area contributed by atoms with Gasteiger partial charge in [0.2, 0.25) is 0 Å². The normalized spacial score (nSPS) is 14.8. The first-order valence-corrected chi connectivity index (χ1v) is 10.4. The molecule has 0 saturated heterocycles. The largest absolute Gasteiger partial charge is 0.464 e. The highest BCUT2D eigenvalue weighted by atomic mass is 35.5. The monoisotopic (exact) mass is 449 g/mol. The number of ether oxygens (including phenoxy) is 2. The number of esters is 2. The number of H-pyrrole nitrogens is 2. The number of hydrogen-bond donors (Lipinski definition) is 3. The number of carbonyl (C=O) groups excluding carboxylic acids is 2. The van der Waals surface area contributed by atoms with Gasteiger partial charge in [-0.15, -0.1) is 0 Å². The zero-order valence-electron chi connectivity index (χ0n) is 17.4. The number of nitrogens with one attached hydrogen (secondary N) is 3. The number of aromatic nitrogens is 2. The van der Waals surface area contributed by atoms with Crippen LogP contribution in [0, 0.1) is 0 Å². The van der Waals surface area contributed by atoms with Gasteiger partial charge in [-0.05, 0) is 29.8 Å². The number of hydrogen-bond acceptors (Lipinski definition) is 5. The molecule has 5 rings (SSSR count). The van der Waals surface area contributed by atoms with Crippen LogP contribution in [0.5, 0.6) is 0 Å². The molecule has 0 aliphatic carbocycles. The van der Waals surface area contributed by atoms with E-state index >= 15 is 0 Å². The Balaban J connectivity index is 1.86. The lowest BCUT2D eigenvalue weighted by Crippen LogP contribution is -2.11. The van der Waals surface area contributed by atoms with E-state index in [2.05, 4.69) is 15.3 Å². The van der Waals surface area contributed by atoms with E-state index in [9.17, 15) is 9.59 Å². The van der Waals surface area contributed by atoms with E-state index in [1.807, 2.05) is 42.6 Å². The van der Waals surface area contributed by atoms with Crippen molar-refractivity contribution < 1.29 is 19.1 Å². The summed E-state index contributed by atoms with van der Waals surface area (Å²) in [5.41, 5.74) is 5.31. The lowest BCUT2D eigenvalue weighted by atomic mass is 9.87. The van der Waals surface area contributed by atoms with Crippen molar-refractivity contribution in [2.24, 2.45) is 0 Å². The molecule has 8 heteroatoms. The van der Waals surface area contributed by atoms with Gasteiger partial charge in [0.25, 0.3) is 0 Å². The van der Waals surface area contributed by atoms with Crippen LogP contribution >= 0.6 is 11.6 Å². The van der Waals surface area contributed by atoms with Gasteiger partial charge in [0.1, 0.15) is 11.4 Å². The minimum absolute atomic E-state index is 0.186. The van der Waals surface area contributed by atoms with Gasteiger partial charge < -0.3 is 24.8 Å². The van der Waals surface area contributed by atoms with Crippen LogP contribution in [-0.4, -0.2) is 42.7 Å². The molecule has 0 amide bonds. The minimum Gasteiger partial charge on any atom is -0.464 e. The summed E-state index contributed by atoms with van der Waals surface area (Å²) in [5, 5.41) is 4.79. The molecule has 3 N–H and O–H groups in total. The van der Waals surface area contributed by atoms with Gasteiger partial charge in [-0.2, -0.15) is 0 Å². The molecule has 0 saturated carbocycles. The highest BCUT2D eigenvalue weighted by Crippen LogP contribution is 2.45. The smallest absolute Gasteiger partial charge is 0.355 e. The average molecular weight is 450 g/mol. The molecule has 2 aromatic heterocycles. The molecule has 1 aliphatic rings. The zero-order chi connectivity index (χ0) is 22.4. The van der Waals surface area contributed by atoms with Crippen LogP contribution in [0.4, 0.5) is 5.69 Å². The van der Waals surface area contributed by atoms with Gasteiger partial charge in [-0.3, -0.25) is 0 Å². The average Bonchev–Trinajstić information content (AvgIpc) is 3.52. The summed E-state index contributed by atoms with van der Waals surface area (Å²) in [6.07, 6.45) is 1.81. The third-order valence-corrected chi connectivity index (χ3v) is 6.15. The van der Waals surface area contributed by atoms with Crippen LogP contribution in [0.2, 0.25) is 5.02 Å². The van der Waals surface area contributed by atoms with Crippen molar-refractivity contribution in [2.75, 3.05) is 26.1 Å². The molecule has 3 heterocycles. The number of fused-ring (bicyclic) bond motifs is 2. The van der Waals surface area contributed by atoms with E-state index in [1.165, 1.54) is 14.2 Å². The fourth-order valence-electron chi connectivity index (χ4n) is 4.50. The van der Waals surface area contributed by atoms with Crippen molar-refractivity contribution in [1.82, 2.24) is 9.97 Å². The lowest BCUT2D eigenvalue weighted by Gasteiger charge is -2.15. The van der Waals surface area contributed by atoms with E-state index in [1.54, 1.807) is 6.07 Å². The molecule has 4 aromatic rings. The first kappa shape index (κ1) is 20.2. The summed E-state index contributed by atoms with van der Waals surface area (Å²) in [7, 11) is 2.62. The van der Waals surface area contributed by atoms with Crippen molar-refractivity contribution in [3.05, 3.63) is 76.2 Å². The fourth-order valence-corrected chi connectivity index (χ4v) is 4.67. The number of rotatable bonds is 4. The SMILES string of the molecule is COC(=O)c1[nH]c(C(=O)OC)c(C2CNc3ccccc32)c1-c1c[nH]c2ccc(Cl)cc12. The predicted octanol–water partition coefficient (Wildman–Crippen LogP) is 4.95. The Morgan fingerprint density at radius 2 is 1.78 bits per heavy atom. The lowest BCUT2D eigenvalue weighted by molar-refractivity contribution is 0.0590. The predicted molar refractivity (Wildman–Crippen MR) is 123 cm³/mol. The van der Waals surface area contributed by atoms with Gasteiger partial charge in [-0.1, -0.05) is 29.8 Å². The molecule has 0 bridgehead atoms. The van der Waals surface area contributed by atoms with Gasteiger partial charge in [-0.25, -0.2) is 9.59 Å². The highest BCUT2D eigenvalue weighted by Gasteiger charge is 2.36. The van der Waals surface area contributed by atoms with Crippen LogP contribution in [0.25, 0.3) is 22.0 Å².